The molecule has 0 saturated carbocycles. The molecular weight excluding hydrogens is 871 g/mol. The number of carboxylic acid groups (broad SMARTS) is 1. The van der Waals surface area contributed by atoms with Crippen LogP contribution in [0.4, 0.5) is 11.4 Å². The third-order valence-corrected chi connectivity index (χ3v) is 11.1. The minimum absolute atomic E-state index is 0.0226. The number of fused-ring (bicyclic) bond motifs is 2. The van der Waals surface area contributed by atoms with Crippen LogP contribution in [0.3, 0.4) is 0 Å². The lowest BCUT2D eigenvalue weighted by atomic mass is 9.78. The number of allylic oxidation sites excluding steroid dienone is 4. The van der Waals surface area contributed by atoms with E-state index in [-0.39, 0.29) is 55.2 Å². The highest BCUT2D eigenvalue weighted by Gasteiger charge is 2.47. The number of benzene rings is 2. The molecule has 3 N–H and O–H groups in total. The second-order valence-electron chi connectivity index (χ2n) is 14.5. The predicted molar refractivity (Wildman–Crippen MR) is 217 cm³/mol. The molecule has 2 aliphatic heterocycles. The van der Waals surface area contributed by atoms with Crippen molar-refractivity contribution in [3.8, 4) is 0 Å². The summed E-state index contributed by atoms with van der Waals surface area (Å²) in [5, 5.41) is 12.8. The first-order valence-corrected chi connectivity index (χ1v) is 23.4. The fraction of sp³-hybridized carbons (Fsp3) is 0.459. The lowest BCUT2D eigenvalue weighted by molar-refractivity contribution is -0.437. The topological polar surface area (TPSA) is 304 Å². The summed E-state index contributed by atoms with van der Waals surface area (Å²) < 4.78 is 120. The van der Waals surface area contributed by atoms with E-state index in [1.165, 1.54) is 6.07 Å². The highest BCUT2D eigenvalue weighted by Crippen LogP contribution is 2.50. The number of anilines is 1. The normalized spacial score (nSPS) is 15.7. The fourth-order valence-electron chi connectivity index (χ4n) is 7.38. The van der Waals surface area contributed by atoms with E-state index in [2.05, 4.69) is 5.32 Å². The van der Waals surface area contributed by atoms with Crippen molar-refractivity contribution in [2.75, 3.05) is 36.0 Å². The van der Waals surface area contributed by atoms with Crippen molar-refractivity contribution < 1.29 is 75.3 Å². The van der Waals surface area contributed by atoms with Crippen LogP contribution in [0, 0.1) is 0 Å². The van der Waals surface area contributed by atoms with Crippen LogP contribution >= 0.6 is 0 Å². The van der Waals surface area contributed by atoms with Crippen molar-refractivity contribution in [1.82, 2.24) is 5.32 Å². The van der Waals surface area contributed by atoms with Crippen LogP contribution < -0.4 is 10.2 Å². The molecule has 0 aliphatic carbocycles. The number of carboxylic acids is 1. The molecule has 2 aromatic carbocycles. The number of carbonyl (C=O) groups excluding carboxylic acids is 2. The lowest BCUT2D eigenvalue weighted by Crippen LogP contribution is -2.30. The molecule has 23 heteroatoms. The lowest BCUT2D eigenvalue weighted by Gasteiger charge is -2.27. The van der Waals surface area contributed by atoms with E-state index in [1.807, 2.05) is 50.2 Å². The average Bonchev–Trinajstić information content (AvgIpc) is 3.45. The highest BCUT2D eigenvalue weighted by molar-refractivity contribution is 7.85. The molecule has 0 unspecified atom stereocenters. The zero-order chi connectivity index (χ0) is 46.0. The van der Waals surface area contributed by atoms with Gasteiger partial charge in [0.1, 0.15) is 6.54 Å². The number of ketones is 1. The Kier molecular flexibility index (Phi) is 18.0. The number of Topliss-reactive ketones (excluding diaryl/α,β-unsaturated/α-hetero) is 1. The van der Waals surface area contributed by atoms with Crippen LogP contribution in [-0.4, -0.2) is 115 Å². The van der Waals surface area contributed by atoms with Crippen LogP contribution in [0.15, 0.2) is 54.3 Å². The van der Waals surface area contributed by atoms with Gasteiger partial charge in [-0.05, 0) is 63.5 Å². The third-order valence-electron chi connectivity index (χ3n) is 9.53. The van der Waals surface area contributed by atoms with Crippen LogP contribution in [0.1, 0.15) is 109 Å². The molecule has 4 rings (SSSR count). The Morgan fingerprint density at radius 1 is 0.883 bits per heavy atom. The summed E-state index contributed by atoms with van der Waals surface area (Å²) in [6.07, 6.45) is 6.24. The third kappa shape index (κ3) is 13.5. The van der Waals surface area contributed by atoms with E-state index in [0.29, 0.717) is 52.4 Å². The molecule has 0 aromatic heterocycles. The number of hydrogen-bond acceptors (Lipinski definition) is 15. The molecule has 2 aromatic rings. The van der Waals surface area contributed by atoms with E-state index in [1.54, 1.807) is 43.3 Å². The monoisotopic (exact) mass is 917 g/mol. The van der Waals surface area contributed by atoms with Gasteiger partial charge in [0.05, 0.1) is 32.4 Å². The van der Waals surface area contributed by atoms with Gasteiger partial charge in [-0.3, -0.25) is 14.1 Å². The summed E-state index contributed by atoms with van der Waals surface area (Å²) >= 11 is 0. The zero-order valence-corrected chi connectivity index (χ0v) is 36.9. The Bertz CT molecular complexity index is 2520. The average molecular weight is 918 g/mol. The smallest absolute Gasteiger partial charge is 0.425 e. The Hall–Kier alpha value is -4.94. The van der Waals surface area contributed by atoms with E-state index in [4.69, 9.17) is 25.3 Å². The number of nitrogens with zero attached hydrogens (tertiary/aromatic N) is 2. The van der Waals surface area contributed by atoms with E-state index >= 15 is 0 Å². The number of nitrogens with one attached hydrogen (secondary N) is 1. The van der Waals surface area contributed by atoms with Gasteiger partial charge in [-0.1, -0.05) is 32.9 Å². The molecule has 60 heavy (non-hydrogen) atoms. The van der Waals surface area contributed by atoms with Crippen molar-refractivity contribution in [2.24, 2.45) is 0 Å². The van der Waals surface area contributed by atoms with Gasteiger partial charge in [0, 0.05) is 71.8 Å². The second-order valence-corrected chi connectivity index (χ2v) is 18.4. The minimum atomic E-state index is -4.53. The predicted octanol–water partition coefficient (Wildman–Crippen LogP) is 2.94. The molecule has 0 saturated heterocycles. The Labute approximate surface area is 351 Å². The molecular formula is C37H47N3O16S4. The van der Waals surface area contributed by atoms with Gasteiger partial charge in [-0.15, -0.1) is 25.3 Å². The Balaban J connectivity index is 0.00000142. The quantitative estimate of drug-likeness (QED) is 0.124. The number of amides is 1. The molecule has 0 spiro atoms. The van der Waals surface area contributed by atoms with Crippen molar-refractivity contribution in [2.45, 2.75) is 78.1 Å². The van der Waals surface area contributed by atoms with Crippen molar-refractivity contribution in [1.29, 1.82) is 0 Å². The van der Waals surface area contributed by atoms with Gasteiger partial charge in [0.2, 0.25) is 5.69 Å². The molecule has 0 atom stereocenters. The number of aromatic carboxylic acids is 1. The number of rotatable bonds is 16. The SMILES string of the molecule is CCCC(=O)c1cc(C(=O)NCC)cc2c1C(C)(C)C(=CC=CC1=[N+](CCCS(=O)(=O)O)c3cccc(C(=O)O)c3C1(C)C)N2CCCS(=O)(=O)[O-].O=S(=O)=O.O=S(=O)=O. The molecule has 2 aliphatic rings. The fourth-order valence-corrected chi connectivity index (χ4v) is 8.35. The Morgan fingerprint density at radius 2 is 1.48 bits per heavy atom. The molecule has 0 radical (unpaired) electrons. The first-order valence-electron chi connectivity index (χ1n) is 18.2. The van der Waals surface area contributed by atoms with Crippen molar-refractivity contribution >= 4 is 76.2 Å². The van der Waals surface area contributed by atoms with Gasteiger partial charge in [0.15, 0.2) is 11.5 Å². The van der Waals surface area contributed by atoms with Crippen LogP contribution in [-0.2, 0) is 52.3 Å². The molecule has 1 amide bonds. The minimum Gasteiger partial charge on any atom is -0.748 e. The first kappa shape index (κ1) is 51.2. The van der Waals surface area contributed by atoms with Gasteiger partial charge in [0.25, 0.3) is 16.0 Å². The molecule has 0 fully saturated rings. The summed E-state index contributed by atoms with van der Waals surface area (Å²) in [5.41, 5.74) is 2.76. The molecule has 2 heterocycles. The molecule has 19 nitrogen and oxygen atoms in total. The maximum atomic E-state index is 13.6. The second kappa shape index (κ2) is 21.0. The summed E-state index contributed by atoms with van der Waals surface area (Å²) in [7, 11) is -15.0. The van der Waals surface area contributed by atoms with E-state index < -0.39 is 69.8 Å². The van der Waals surface area contributed by atoms with E-state index in [0.717, 1.165) is 0 Å². The Morgan fingerprint density at radius 3 is 2.00 bits per heavy atom. The van der Waals surface area contributed by atoms with Crippen molar-refractivity contribution in [3.05, 3.63) is 82.1 Å². The summed E-state index contributed by atoms with van der Waals surface area (Å²) in [6.45, 7) is 11.9. The highest BCUT2D eigenvalue weighted by atomic mass is 32.2. The molecule has 330 valence electrons. The molecule has 0 bridgehead atoms. The largest absolute Gasteiger partial charge is 0.748 e. The summed E-state index contributed by atoms with van der Waals surface area (Å²) in [5.74, 6) is -2.74. The van der Waals surface area contributed by atoms with Crippen LogP contribution in [0.5, 0.6) is 0 Å². The van der Waals surface area contributed by atoms with E-state index in [9.17, 15) is 45.4 Å². The number of hydrogen-bond donors (Lipinski definition) is 3. The summed E-state index contributed by atoms with van der Waals surface area (Å²) in [6, 6.07) is 8.17. The van der Waals surface area contributed by atoms with Crippen LogP contribution in [0.25, 0.3) is 0 Å². The maximum Gasteiger partial charge on any atom is 0.425 e. The zero-order valence-electron chi connectivity index (χ0n) is 33.6. The van der Waals surface area contributed by atoms with Crippen molar-refractivity contribution in [3.63, 3.8) is 0 Å². The van der Waals surface area contributed by atoms with Crippen LogP contribution in [0.2, 0.25) is 0 Å². The number of carbonyl (C=O) groups is 3. The van der Waals surface area contributed by atoms with Gasteiger partial charge in [-0.2, -0.15) is 13.0 Å². The summed E-state index contributed by atoms with van der Waals surface area (Å²) in [4.78, 5) is 40.8. The van der Waals surface area contributed by atoms with Gasteiger partial charge >= 0.3 is 27.2 Å². The maximum absolute atomic E-state index is 13.6. The van der Waals surface area contributed by atoms with Gasteiger partial charge < -0.3 is 19.9 Å². The van der Waals surface area contributed by atoms with Gasteiger partial charge in [-0.25, -0.2) is 13.2 Å². The standard InChI is InChI=1S/C37H47N3O10S2.2O3S/c1-7-13-29(41)26-22-24(34(42)38-8-2)23-28-33(26)37(5,6)31(40(28)19-12-21-52(48,49)50)17-10-16-30-36(3,4)32-25(35(43)44)14-9-15-27(32)39(30)18-11-20-51(45,46)47;2*1-4(2)3/h9-10,14-17,22-23H,7-8,11-13,18-21H2,1-6H3,(H3-,38,42,43,44,45,46,47,48,49,50);;. The first-order chi connectivity index (χ1) is 27.6.